The third-order valence-electron chi connectivity index (χ3n) is 8.91. The van der Waals surface area contributed by atoms with Crippen LogP contribution in [-0.2, 0) is 19.1 Å². The van der Waals surface area contributed by atoms with Crippen molar-refractivity contribution in [3.8, 4) is 0 Å². The standard InChI is InChI=1S/C26H46N8O4S2/c27-15-3-1-2-4-16(15)31-13-32-26(21(24(28)29)25(30)36)33-19-6-5-18(40-19)14-12-39-23-17(35)11-20(38-22(14)23)34-7-9-37-10-8-34/h11,14-16,18-19,21-24,26,31-33H,1-10,12-13,27-29H2,(H2,30,36)/p+1/t14?,15-,16+,18?,19?,21?,22?,23?,26?/m1/s1. The van der Waals surface area contributed by atoms with Gasteiger partial charge in [-0.05, 0) is 25.7 Å². The lowest BCUT2D eigenvalue weighted by Gasteiger charge is -2.37. The van der Waals surface area contributed by atoms with E-state index in [1.54, 1.807) is 17.8 Å². The summed E-state index contributed by atoms with van der Waals surface area (Å²) < 4.78 is 12.0. The summed E-state index contributed by atoms with van der Waals surface area (Å²) >= 11 is 3.57. The highest BCUT2D eigenvalue weighted by Crippen LogP contribution is 2.48. The van der Waals surface area contributed by atoms with Crippen molar-refractivity contribution in [3.05, 3.63) is 12.0 Å². The number of hydrogen-bond acceptors (Lipinski definition) is 12. The van der Waals surface area contributed by atoms with Crippen LogP contribution in [0.15, 0.2) is 12.0 Å². The molecule has 0 radical (unpaired) electrons. The van der Waals surface area contributed by atoms with E-state index in [2.05, 4.69) is 26.6 Å². The van der Waals surface area contributed by atoms with E-state index in [-0.39, 0.29) is 28.4 Å². The lowest BCUT2D eigenvalue weighted by atomic mass is 9.91. The van der Waals surface area contributed by atoms with Gasteiger partial charge in [-0.25, -0.2) is 0 Å². The number of allylic oxidation sites excluding steroid dienone is 1. The number of carbonyl (C=O) groups is 2. The van der Waals surface area contributed by atoms with Crippen LogP contribution in [0.2, 0.25) is 0 Å². The molecular formula is C26H47N8O4S2+. The van der Waals surface area contributed by atoms with E-state index >= 15 is 0 Å². The second-order valence-corrected chi connectivity index (χ2v) is 14.2. The maximum atomic E-state index is 13.0. The third kappa shape index (κ3) is 7.09. The summed E-state index contributed by atoms with van der Waals surface area (Å²) in [4.78, 5) is 27.5. The number of amides is 1. The number of fused-ring (bicyclic) bond motifs is 1. The predicted octanol–water partition coefficient (Wildman–Crippen LogP) is -1.97. The Hall–Kier alpha value is -1.10. The molecule has 7 unspecified atom stereocenters. The fourth-order valence-electron chi connectivity index (χ4n) is 6.61. The Morgan fingerprint density at radius 3 is 2.67 bits per heavy atom. The first-order valence-electron chi connectivity index (χ1n) is 14.7. The number of nitrogens with one attached hydrogen (secondary N) is 3. The summed E-state index contributed by atoms with van der Waals surface area (Å²) in [6, 6.07) is 0.713. The van der Waals surface area contributed by atoms with Gasteiger partial charge in [-0.1, -0.05) is 6.42 Å². The molecule has 226 valence electrons. The second kappa shape index (κ2) is 13.9. The van der Waals surface area contributed by atoms with Crippen molar-refractivity contribution in [2.75, 3.05) is 38.7 Å². The summed E-state index contributed by atoms with van der Waals surface area (Å²) in [5, 5.41) is 10.9. The fraction of sp³-hybridized carbons (Fsp3) is 0.846. The zero-order valence-electron chi connectivity index (χ0n) is 23.2. The number of nitrogens with two attached hydrogens (primary N) is 3. The fourth-order valence-corrected chi connectivity index (χ4v) is 9.91. The Kier molecular flexibility index (Phi) is 10.6. The summed E-state index contributed by atoms with van der Waals surface area (Å²) in [6.45, 7) is 3.27. The van der Waals surface area contributed by atoms with Crippen molar-refractivity contribution >= 4 is 35.2 Å². The number of ether oxygens (including phenoxy) is 2. The molecule has 1 saturated carbocycles. The topological polar surface area (TPSA) is 198 Å². The third-order valence-corrected chi connectivity index (χ3v) is 12.0. The Balaban J connectivity index is 1.19. The molecule has 14 heteroatoms. The number of primary amides is 1. The van der Waals surface area contributed by atoms with Crippen molar-refractivity contribution < 1.29 is 24.8 Å². The van der Waals surface area contributed by atoms with Crippen molar-refractivity contribution in [1.82, 2.24) is 20.9 Å². The lowest BCUT2D eigenvalue weighted by Crippen LogP contribution is -2.71. The van der Waals surface area contributed by atoms with Gasteiger partial charge < -0.3 is 37.3 Å². The molecule has 5 rings (SSSR count). The predicted molar refractivity (Wildman–Crippen MR) is 156 cm³/mol. The number of ketones is 1. The molecule has 4 fully saturated rings. The van der Waals surface area contributed by atoms with Gasteiger partial charge in [0.1, 0.15) is 11.4 Å². The Labute approximate surface area is 245 Å². The number of quaternary nitrogens is 1. The molecule has 1 amide bonds. The van der Waals surface area contributed by atoms with E-state index in [4.69, 9.17) is 26.7 Å². The molecular weight excluding hydrogens is 552 g/mol. The lowest BCUT2D eigenvalue weighted by molar-refractivity contribution is -0.431. The number of hydrogen-bond donors (Lipinski definition) is 7. The van der Waals surface area contributed by atoms with Gasteiger partial charge in [0.2, 0.25) is 5.91 Å². The van der Waals surface area contributed by atoms with Gasteiger partial charge in [0.25, 0.3) is 0 Å². The molecule has 40 heavy (non-hydrogen) atoms. The SMILES string of the molecule is NC(=O)C(C(N)N)C(NCN[C@H]1CCCC[C@H]1[NH3+])NC1CCC(C2CSC3C(=O)C=C(N4CCOCC4)OC32)S1. The zero-order chi connectivity index (χ0) is 28.2. The van der Waals surface area contributed by atoms with Gasteiger partial charge in [-0.2, -0.15) is 0 Å². The van der Waals surface area contributed by atoms with Crippen LogP contribution in [0.3, 0.4) is 0 Å². The number of thioether (sulfide) groups is 2. The summed E-state index contributed by atoms with van der Waals surface area (Å²) in [5.74, 6) is 0.710. The van der Waals surface area contributed by atoms with E-state index in [1.807, 2.05) is 11.8 Å². The van der Waals surface area contributed by atoms with Crippen molar-refractivity contribution in [2.24, 2.45) is 29.0 Å². The minimum Gasteiger partial charge on any atom is -0.474 e. The largest absolute Gasteiger partial charge is 0.474 e. The number of rotatable bonds is 11. The minimum absolute atomic E-state index is 0.0935. The van der Waals surface area contributed by atoms with Crippen LogP contribution in [-0.4, -0.2) is 102 Å². The normalized spacial score (nSPS) is 36.2. The Bertz CT molecular complexity index is 923. The monoisotopic (exact) mass is 599 g/mol. The molecule has 0 aromatic rings. The van der Waals surface area contributed by atoms with Crippen LogP contribution in [0.25, 0.3) is 0 Å². The summed E-state index contributed by atoms with van der Waals surface area (Å²) in [7, 11) is 0. The molecule has 4 aliphatic heterocycles. The van der Waals surface area contributed by atoms with Crippen LogP contribution < -0.4 is 38.9 Å². The quantitative estimate of drug-likeness (QED) is 0.130. The van der Waals surface area contributed by atoms with E-state index in [9.17, 15) is 9.59 Å². The minimum atomic E-state index is -0.890. The van der Waals surface area contributed by atoms with E-state index < -0.39 is 24.2 Å². The average molecular weight is 600 g/mol. The second-order valence-electron chi connectivity index (χ2n) is 11.6. The Morgan fingerprint density at radius 2 is 1.95 bits per heavy atom. The molecule has 0 spiro atoms. The maximum Gasteiger partial charge on any atom is 0.226 e. The van der Waals surface area contributed by atoms with Crippen LogP contribution in [0.1, 0.15) is 38.5 Å². The van der Waals surface area contributed by atoms with E-state index in [0.717, 1.165) is 44.5 Å². The van der Waals surface area contributed by atoms with Gasteiger partial charge in [-0.3, -0.25) is 25.5 Å². The molecule has 0 aromatic heterocycles. The van der Waals surface area contributed by atoms with Crippen LogP contribution >= 0.6 is 23.5 Å². The van der Waals surface area contributed by atoms with Crippen LogP contribution in [0, 0.1) is 11.8 Å². The maximum absolute atomic E-state index is 13.0. The average Bonchev–Trinajstić information content (AvgIpc) is 3.57. The van der Waals surface area contributed by atoms with Gasteiger partial charge in [-0.15, -0.1) is 23.5 Å². The highest BCUT2D eigenvalue weighted by atomic mass is 32.2. The zero-order valence-corrected chi connectivity index (χ0v) is 24.8. The van der Waals surface area contributed by atoms with Crippen LogP contribution in [0.4, 0.5) is 0 Å². The first kappa shape index (κ1) is 30.4. The van der Waals surface area contributed by atoms with Crippen molar-refractivity contribution in [3.63, 3.8) is 0 Å². The molecule has 9 atom stereocenters. The molecule has 3 saturated heterocycles. The van der Waals surface area contributed by atoms with Gasteiger partial charge >= 0.3 is 0 Å². The summed E-state index contributed by atoms with van der Waals surface area (Å²) in [5.41, 5.74) is 22.1. The number of morpholine rings is 1. The first-order valence-corrected chi connectivity index (χ1v) is 16.7. The molecule has 1 aliphatic carbocycles. The van der Waals surface area contributed by atoms with Crippen molar-refractivity contribution in [1.29, 1.82) is 0 Å². The molecule has 4 heterocycles. The molecule has 0 bridgehead atoms. The highest BCUT2D eigenvalue weighted by molar-refractivity contribution is 8.01. The Morgan fingerprint density at radius 1 is 1.18 bits per heavy atom. The first-order chi connectivity index (χ1) is 19.3. The molecule has 12 nitrogen and oxygen atoms in total. The smallest absolute Gasteiger partial charge is 0.226 e. The highest BCUT2D eigenvalue weighted by Gasteiger charge is 2.50. The van der Waals surface area contributed by atoms with Gasteiger partial charge in [0.15, 0.2) is 11.7 Å². The van der Waals surface area contributed by atoms with Crippen molar-refractivity contribution in [2.45, 2.75) is 84.9 Å². The van der Waals surface area contributed by atoms with E-state index in [1.165, 1.54) is 12.8 Å². The molecule has 5 aliphatic rings. The van der Waals surface area contributed by atoms with Gasteiger partial charge in [0.05, 0.1) is 48.9 Å². The van der Waals surface area contributed by atoms with Crippen LogP contribution in [0.5, 0.6) is 0 Å². The number of nitrogens with zero attached hydrogens (tertiary/aromatic N) is 1. The molecule has 12 N–H and O–H groups in total. The molecule has 0 aromatic carbocycles. The number of carbonyl (C=O) groups excluding carboxylic acids is 2. The van der Waals surface area contributed by atoms with Gasteiger partial charge in [0, 0.05) is 49.2 Å². The van der Waals surface area contributed by atoms with E-state index in [0.29, 0.717) is 43.1 Å². The summed E-state index contributed by atoms with van der Waals surface area (Å²) in [6.07, 6.45) is 6.76.